The van der Waals surface area contributed by atoms with E-state index in [0.29, 0.717) is 12.6 Å². The van der Waals surface area contributed by atoms with Gasteiger partial charge >= 0.3 is 0 Å². The zero-order valence-corrected chi connectivity index (χ0v) is 9.24. The predicted octanol–water partition coefficient (Wildman–Crippen LogP) is 3.37. The molecule has 0 fully saturated rings. The Balaban J connectivity index is 2.55. The lowest BCUT2D eigenvalue weighted by Crippen LogP contribution is -2.24. The molecule has 0 aliphatic carbocycles. The molecule has 14 heavy (non-hydrogen) atoms. The molecule has 0 spiro atoms. The Bertz CT molecular complexity index is 301. The third kappa shape index (κ3) is 3.28. The fraction of sp³-hybridized carbons (Fsp3) is 0.455. The molecule has 0 saturated carbocycles. The van der Waals surface area contributed by atoms with E-state index in [0.717, 1.165) is 12.0 Å². The van der Waals surface area contributed by atoms with Crippen molar-refractivity contribution in [1.29, 1.82) is 0 Å². The van der Waals surface area contributed by atoms with Crippen molar-refractivity contribution in [3.05, 3.63) is 34.6 Å². The van der Waals surface area contributed by atoms with Crippen LogP contribution in [-0.2, 0) is 6.54 Å². The van der Waals surface area contributed by atoms with E-state index in [1.54, 1.807) is 6.07 Å². The summed E-state index contributed by atoms with van der Waals surface area (Å²) in [7, 11) is 0. The maximum absolute atomic E-state index is 13.0. The molecule has 1 aromatic rings. The SMILES string of the molecule is CC[C@@H](C)NCc1ccc(Cl)c(F)c1. The van der Waals surface area contributed by atoms with Gasteiger partial charge in [0.25, 0.3) is 0 Å². The number of benzene rings is 1. The van der Waals surface area contributed by atoms with Crippen molar-refractivity contribution in [1.82, 2.24) is 5.32 Å². The smallest absolute Gasteiger partial charge is 0.142 e. The third-order valence-electron chi connectivity index (χ3n) is 2.25. The third-order valence-corrected chi connectivity index (χ3v) is 2.56. The minimum atomic E-state index is -0.352. The molecule has 0 radical (unpaired) electrons. The molecule has 1 rings (SSSR count). The summed E-state index contributed by atoms with van der Waals surface area (Å²) < 4.78 is 13.0. The van der Waals surface area contributed by atoms with Crippen LogP contribution in [0.1, 0.15) is 25.8 Å². The summed E-state index contributed by atoms with van der Waals surface area (Å²) >= 11 is 5.58. The summed E-state index contributed by atoms with van der Waals surface area (Å²) in [4.78, 5) is 0. The molecule has 1 atom stereocenters. The van der Waals surface area contributed by atoms with Crippen LogP contribution in [0.2, 0.25) is 5.02 Å². The van der Waals surface area contributed by atoms with E-state index in [1.165, 1.54) is 6.07 Å². The molecular formula is C11H15ClFN. The highest BCUT2D eigenvalue weighted by Crippen LogP contribution is 2.15. The van der Waals surface area contributed by atoms with Gasteiger partial charge in [-0.05, 0) is 31.0 Å². The van der Waals surface area contributed by atoms with Gasteiger partial charge in [-0.15, -0.1) is 0 Å². The van der Waals surface area contributed by atoms with E-state index >= 15 is 0 Å². The first-order valence-corrected chi connectivity index (χ1v) is 5.18. The predicted molar refractivity (Wildman–Crippen MR) is 58.0 cm³/mol. The van der Waals surface area contributed by atoms with Crippen LogP contribution >= 0.6 is 11.6 Å². The molecule has 0 saturated heterocycles. The second kappa shape index (κ2) is 5.32. The Morgan fingerprint density at radius 1 is 1.50 bits per heavy atom. The van der Waals surface area contributed by atoms with Crippen LogP contribution in [0.4, 0.5) is 4.39 Å². The fourth-order valence-corrected chi connectivity index (χ4v) is 1.20. The van der Waals surface area contributed by atoms with E-state index in [2.05, 4.69) is 19.2 Å². The van der Waals surface area contributed by atoms with Crippen molar-refractivity contribution < 1.29 is 4.39 Å². The normalized spacial score (nSPS) is 12.9. The summed E-state index contributed by atoms with van der Waals surface area (Å²) in [6.07, 6.45) is 1.07. The minimum absolute atomic E-state index is 0.178. The van der Waals surface area contributed by atoms with E-state index in [4.69, 9.17) is 11.6 Å². The van der Waals surface area contributed by atoms with Crippen LogP contribution in [-0.4, -0.2) is 6.04 Å². The lowest BCUT2D eigenvalue weighted by Gasteiger charge is -2.11. The van der Waals surface area contributed by atoms with Crippen molar-refractivity contribution in [2.45, 2.75) is 32.9 Å². The number of halogens is 2. The van der Waals surface area contributed by atoms with Gasteiger partial charge in [-0.25, -0.2) is 4.39 Å². The van der Waals surface area contributed by atoms with Crippen LogP contribution in [0.3, 0.4) is 0 Å². The number of hydrogen-bond donors (Lipinski definition) is 1. The van der Waals surface area contributed by atoms with Gasteiger partial charge in [0.05, 0.1) is 5.02 Å². The van der Waals surface area contributed by atoms with Gasteiger partial charge < -0.3 is 5.32 Å². The zero-order valence-electron chi connectivity index (χ0n) is 8.48. The summed E-state index contributed by atoms with van der Waals surface area (Å²) in [6.45, 7) is 4.90. The number of hydrogen-bond acceptors (Lipinski definition) is 1. The Labute approximate surface area is 89.3 Å². The molecular weight excluding hydrogens is 201 g/mol. The quantitative estimate of drug-likeness (QED) is 0.812. The van der Waals surface area contributed by atoms with Crippen LogP contribution < -0.4 is 5.32 Å². The Kier molecular flexibility index (Phi) is 4.36. The average Bonchev–Trinajstić information content (AvgIpc) is 2.19. The molecule has 0 aromatic heterocycles. The van der Waals surface area contributed by atoms with Crippen LogP contribution in [0, 0.1) is 5.82 Å². The van der Waals surface area contributed by atoms with Crippen LogP contribution in [0.25, 0.3) is 0 Å². The van der Waals surface area contributed by atoms with Gasteiger partial charge in [0.2, 0.25) is 0 Å². The van der Waals surface area contributed by atoms with Crippen molar-refractivity contribution in [3.8, 4) is 0 Å². The topological polar surface area (TPSA) is 12.0 Å². The lowest BCUT2D eigenvalue weighted by molar-refractivity contribution is 0.532. The fourth-order valence-electron chi connectivity index (χ4n) is 1.09. The molecule has 0 amide bonds. The summed E-state index contributed by atoms with van der Waals surface area (Å²) in [6, 6.07) is 5.34. The molecule has 0 aliphatic rings. The molecule has 0 unspecified atom stereocenters. The van der Waals surface area contributed by atoms with Crippen molar-refractivity contribution in [3.63, 3.8) is 0 Å². The summed E-state index contributed by atoms with van der Waals surface area (Å²) in [5, 5.41) is 3.46. The highest BCUT2D eigenvalue weighted by Gasteiger charge is 2.02. The maximum atomic E-state index is 13.0. The summed E-state index contributed by atoms with van der Waals surface area (Å²) in [5.41, 5.74) is 0.923. The van der Waals surface area contributed by atoms with Gasteiger partial charge in [-0.1, -0.05) is 24.6 Å². The molecule has 0 bridgehead atoms. The van der Waals surface area contributed by atoms with E-state index in [-0.39, 0.29) is 10.8 Å². The standard InChI is InChI=1S/C11H15ClFN/c1-3-8(2)14-7-9-4-5-10(12)11(13)6-9/h4-6,8,14H,3,7H2,1-2H3/t8-/m1/s1. The van der Waals surface area contributed by atoms with E-state index in [1.807, 2.05) is 6.07 Å². The van der Waals surface area contributed by atoms with Crippen LogP contribution in [0.5, 0.6) is 0 Å². The van der Waals surface area contributed by atoms with Gasteiger partial charge in [0.1, 0.15) is 5.82 Å². The molecule has 0 heterocycles. The maximum Gasteiger partial charge on any atom is 0.142 e. The zero-order chi connectivity index (χ0) is 10.6. The van der Waals surface area contributed by atoms with E-state index < -0.39 is 0 Å². The highest BCUT2D eigenvalue weighted by atomic mass is 35.5. The Hall–Kier alpha value is -0.600. The first kappa shape index (κ1) is 11.5. The number of rotatable bonds is 4. The van der Waals surface area contributed by atoms with Gasteiger partial charge in [-0.3, -0.25) is 0 Å². The number of nitrogens with one attached hydrogen (secondary N) is 1. The highest BCUT2D eigenvalue weighted by molar-refractivity contribution is 6.30. The first-order valence-electron chi connectivity index (χ1n) is 4.80. The van der Waals surface area contributed by atoms with Crippen molar-refractivity contribution in [2.24, 2.45) is 0 Å². The molecule has 1 aromatic carbocycles. The van der Waals surface area contributed by atoms with Crippen molar-refractivity contribution >= 4 is 11.6 Å². The molecule has 1 N–H and O–H groups in total. The molecule has 0 aliphatic heterocycles. The van der Waals surface area contributed by atoms with E-state index in [9.17, 15) is 4.39 Å². The second-order valence-electron chi connectivity index (χ2n) is 3.44. The molecule has 1 nitrogen and oxygen atoms in total. The Morgan fingerprint density at radius 2 is 2.21 bits per heavy atom. The average molecular weight is 216 g/mol. The van der Waals surface area contributed by atoms with Gasteiger partial charge in [0, 0.05) is 12.6 Å². The van der Waals surface area contributed by atoms with Crippen LogP contribution in [0.15, 0.2) is 18.2 Å². The summed E-state index contributed by atoms with van der Waals surface area (Å²) in [5.74, 6) is -0.352. The monoisotopic (exact) mass is 215 g/mol. The lowest BCUT2D eigenvalue weighted by atomic mass is 10.2. The Morgan fingerprint density at radius 3 is 2.79 bits per heavy atom. The second-order valence-corrected chi connectivity index (χ2v) is 3.85. The van der Waals surface area contributed by atoms with Crippen molar-refractivity contribution in [2.75, 3.05) is 0 Å². The van der Waals surface area contributed by atoms with Gasteiger partial charge in [0.15, 0.2) is 0 Å². The molecule has 78 valence electrons. The largest absolute Gasteiger partial charge is 0.310 e. The minimum Gasteiger partial charge on any atom is -0.310 e. The van der Waals surface area contributed by atoms with Gasteiger partial charge in [-0.2, -0.15) is 0 Å². The molecule has 3 heteroatoms. The first-order chi connectivity index (χ1) is 6.63.